The minimum atomic E-state index is 0.278. The van der Waals surface area contributed by atoms with Gasteiger partial charge in [0.1, 0.15) is 0 Å². The molecule has 0 N–H and O–H groups in total. The monoisotopic (exact) mass is 272 g/mol. The SMILES string of the molecule is CN(C)CC(=O)N1CC(c2ccccc2)C2(CCC2)C1. The van der Waals surface area contributed by atoms with Crippen LogP contribution in [-0.2, 0) is 4.79 Å². The third kappa shape index (κ3) is 2.35. The second kappa shape index (κ2) is 5.21. The largest absolute Gasteiger partial charge is 0.340 e. The molecule has 1 aliphatic heterocycles. The molecule has 1 spiro atoms. The predicted molar refractivity (Wildman–Crippen MR) is 80.6 cm³/mol. The maximum Gasteiger partial charge on any atom is 0.236 e. The minimum absolute atomic E-state index is 0.278. The Balaban J connectivity index is 1.79. The second-order valence-corrected chi connectivity index (χ2v) is 6.69. The highest BCUT2D eigenvalue weighted by Gasteiger charge is 2.51. The zero-order valence-electron chi connectivity index (χ0n) is 12.5. The number of rotatable bonds is 3. The van der Waals surface area contributed by atoms with Crippen LogP contribution in [0.2, 0.25) is 0 Å². The van der Waals surface area contributed by atoms with Crippen LogP contribution in [0.5, 0.6) is 0 Å². The lowest BCUT2D eigenvalue weighted by atomic mass is 9.61. The fourth-order valence-electron chi connectivity index (χ4n) is 3.81. The Bertz CT molecular complexity index is 479. The van der Waals surface area contributed by atoms with Gasteiger partial charge in [0.15, 0.2) is 0 Å². The molecule has 0 radical (unpaired) electrons. The molecule has 1 saturated carbocycles. The molecule has 0 bridgehead atoms. The van der Waals surface area contributed by atoms with Gasteiger partial charge in [0.05, 0.1) is 6.54 Å². The molecule has 1 aromatic carbocycles. The lowest BCUT2D eigenvalue weighted by Crippen LogP contribution is -2.40. The first-order valence-corrected chi connectivity index (χ1v) is 7.58. The molecule has 20 heavy (non-hydrogen) atoms. The van der Waals surface area contributed by atoms with Crippen LogP contribution < -0.4 is 0 Å². The van der Waals surface area contributed by atoms with Gasteiger partial charge < -0.3 is 9.80 Å². The van der Waals surface area contributed by atoms with Crippen LogP contribution >= 0.6 is 0 Å². The van der Waals surface area contributed by atoms with E-state index in [2.05, 4.69) is 35.2 Å². The third-order valence-electron chi connectivity index (χ3n) is 5.00. The first kappa shape index (κ1) is 13.6. The van der Waals surface area contributed by atoms with Crippen molar-refractivity contribution in [1.82, 2.24) is 9.80 Å². The molecule has 1 heterocycles. The Morgan fingerprint density at radius 2 is 2.00 bits per heavy atom. The summed E-state index contributed by atoms with van der Waals surface area (Å²) in [6, 6.07) is 10.8. The van der Waals surface area contributed by atoms with Gasteiger partial charge in [0.25, 0.3) is 0 Å². The molecule has 1 unspecified atom stereocenters. The first-order valence-electron chi connectivity index (χ1n) is 7.58. The number of amides is 1. The molecule has 1 aromatic rings. The average Bonchev–Trinajstić information content (AvgIpc) is 2.79. The van der Waals surface area contributed by atoms with E-state index in [9.17, 15) is 4.79 Å². The summed E-state index contributed by atoms with van der Waals surface area (Å²) < 4.78 is 0. The number of hydrogen-bond acceptors (Lipinski definition) is 2. The summed E-state index contributed by atoms with van der Waals surface area (Å²) in [5.41, 5.74) is 1.77. The number of carbonyl (C=O) groups excluding carboxylic acids is 1. The standard InChI is InChI=1S/C17H24N2O/c1-18(2)12-16(20)19-11-15(14-7-4-3-5-8-14)17(13-19)9-6-10-17/h3-5,7-8,15H,6,9-13H2,1-2H3. The Morgan fingerprint density at radius 3 is 2.55 bits per heavy atom. The van der Waals surface area contributed by atoms with Gasteiger partial charge in [-0.15, -0.1) is 0 Å². The Kier molecular flexibility index (Phi) is 3.55. The normalized spacial score (nSPS) is 24.1. The number of nitrogens with zero attached hydrogens (tertiary/aromatic N) is 2. The van der Waals surface area contributed by atoms with Gasteiger partial charge in [0, 0.05) is 19.0 Å². The van der Waals surface area contributed by atoms with Gasteiger partial charge in [-0.3, -0.25) is 4.79 Å². The van der Waals surface area contributed by atoms with Crippen LogP contribution in [0, 0.1) is 5.41 Å². The van der Waals surface area contributed by atoms with Gasteiger partial charge in [-0.25, -0.2) is 0 Å². The molecule has 1 atom stereocenters. The molecule has 2 aliphatic rings. The topological polar surface area (TPSA) is 23.6 Å². The summed E-state index contributed by atoms with van der Waals surface area (Å²) in [5, 5.41) is 0. The van der Waals surface area contributed by atoms with Crippen molar-refractivity contribution in [2.75, 3.05) is 33.7 Å². The van der Waals surface area contributed by atoms with Crippen LogP contribution in [-0.4, -0.2) is 49.4 Å². The molecule has 2 fully saturated rings. The van der Waals surface area contributed by atoms with E-state index in [0.29, 0.717) is 17.9 Å². The molecule has 3 rings (SSSR count). The quantitative estimate of drug-likeness (QED) is 0.843. The van der Waals surface area contributed by atoms with Gasteiger partial charge in [-0.1, -0.05) is 36.8 Å². The van der Waals surface area contributed by atoms with Crippen molar-refractivity contribution in [3.8, 4) is 0 Å². The summed E-state index contributed by atoms with van der Waals surface area (Å²) in [5.74, 6) is 0.809. The number of likely N-dealkylation sites (N-methyl/N-ethyl adjacent to an activating group) is 1. The van der Waals surface area contributed by atoms with E-state index < -0.39 is 0 Å². The van der Waals surface area contributed by atoms with E-state index in [-0.39, 0.29) is 5.91 Å². The summed E-state index contributed by atoms with van der Waals surface area (Å²) in [7, 11) is 3.92. The number of carbonyl (C=O) groups is 1. The lowest BCUT2D eigenvalue weighted by molar-refractivity contribution is -0.131. The molecule has 1 amide bonds. The van der Waals surface area contributed by atoms with E-state index in [0.717, 1.165) is 13.1 Å². The number of benzene rings is 1. The fourth-order valence-corrected chi connectivity index (χ4v) is 3.81. The second-order valence-electron chi connectivity index (χ2n) is 6.69. The van der Waals surface area contributed by atoms with Crippen molar-refractivity contribution in [2.45, 2.75) is 25.2 Å². The predicted octanol–water partition coefficient (Wildman–Crippen LogP) is 2.34. The summed E-state index contributed by atoms with van der Waals surface area (Å²) in [6.45, 7) is 2.38. The maximum absolute atomic E-state index is 12.3. The van der Waals surface area contributed by atoms with Gasteiger partial charge in [-0.05, 0) is 37.9 Å². The van der Waals surface area contributed by atoms with Crippen LogP contribution in [0.4, 0.5) is 0 Å². The molecule has 0 aromatic heterocycles. The summed E-state index contributed by atoms with van der Waals surface area (Å²) in [4.78, 5) is 16.4. The average molecular weight is 272 g/mol. The van der Waals surface area contributed by atoms with Crippen molar-refractivity contribution in [3.63, 3.8) is 0 Å². The van der Waals surface area contributed by atoms with Crippen LogP contribution in [0.15, 0.2) is 30.3 Å². The highest BCUT2D eigenvalue weighted by atomic mass is 16.2. The van der Waals surface area contributed by atoms with Crippen molar-refractivity contribution in [2.24, 2.45) is 5.41 Å². The van der Waals surface area contributed by atoms with Crippen molar-refractivity contribution < 1.29 is 4.79 Å². The van der Waals surface area contributed by atoms with Crippen molar-refractivity contribution in [1.29, 1.82) is 0 Å². The fraction of sp³-hybridized carbons (Fsp3) is 0.588. The summed E-state index contributed by atoms with van der Waals surface area (Å²) >= 11 is 0. The van der Waals surface area contributed by atoms with Crippen molar-refractivity contribution >= 4 is 5.91 Å². The number of likely N-dealkylation sites (tertiary alicyclic amines) is 1. The van der Waals surface area contributed by atoms with E-state index >= 15 is 0 Å². The molecular formula is C17H24N2O. The molecule has 108 valence electrons. The Hall–Kier alpha value is -1.35. The molecule has 1 saturated heterocycles. The Morgan fingerprint density at radius 1 is 1.30 bits per heavy atom. The minimum Gasteiger partial charge on any atom is -0.340 e. The zero-order valence-corrected chi connectivity index (χ0v) is 12.5. The van der Waals surface area contributed by atoms with E-state index in [1.165, 1.54) is 24.8 Å². The van der Waals surface area contributed by atoms with E-state index in [4.69, 9.17) is 0 Å². The summed E-state index contributed by atoms with van der Waals surface area (Å²) in [6.07, 6.45) is 3.87. The van der Waals surface area contributed by atoms with Crippen molar-refractivity contribution in [3.05, 3.63) is 35.9 Å². The maximum atomic E-state index is 12.3. The molecule has 3 heteroatoms. The van der Waals surface area contributed by atoms with Gasteiger partial charge in [-0.2, -0.15) is 0 Å². The number of hydrogen-bond donors (Lipinski definition) is 0. The molecule has 3 nitrogen and oxygen atoms in total. The highest BCUT2D eigenvalue weighted by Crippen LogP contribution is 2.55. The van der Waals surface area contributed by atoms with Crippen LogP contribution in [0.3, 0.4) is 0 Å². The third-order valence-corrected chi connectivity index (χ3v) is 5.00. The lowest BCUT2D eigenvalue weighted by Gasteiger charge is -2.43. The Labute approximate surface area is 121 Å². The molecule has 1 aliphatic carbocycles. The van der Waals surface area contributed by atoms with Gasteiger partial charge in [0.2, 0.25) is 5.91 Å². The highest BCUT2D eigenvalue weighted by molar-refractivity contribution is 5.78. The molecular weight excluding hydrogens is 248 g/mol. The van der Waals surface area contributed by atoms with E-state index in [1.54, 1.807) is 0 Å². The van der Waals surface area contributed by atoms with E-state index in [1.807, 2.05) is 19.0 Å². The zero-order chi connectivity index (χ0) is 14.2. The smallest absolute Gasteiger partial charge is 0.236 e. The van der Waals surface area contributed by atoms with Crippen LogP contribution in [0.1, 0.15) is 30.7 Å². The first-order chi connectivity index (χ1) is 9.61. The van der Waals surface area contributed by atoms with Gasteiger partial charge >= 0.3 is 0 Å². The van der Waals surface area contributed by atoms with Crippen LogP contribution in [0.25, 0.3) is 0 Å².